The summed E-state index contributed by atoms with van der Waals surface area (Å²) in [6, 6.07) is 0. The molecule has 1 unspecified atom stereocenters. The zero-order chi connectivity index (χ0) is 9.90. The third-order valence-electron chi connectivity index (χ3n) is 2.94. The maximum Gasteiger partial charge on any atom is 0.224 e. The van der Waals surface area contributed by atoms with E-state index >= 15 is 0 Å². The van der Waals surface area contributed by atoms with E-state index in [0.717, 1.165) is 13.0 Å². The molecule has 0 aromatic carbocycles. The summed E-state index contributed by atoms with van der Waals surface area (Å²) in [6.07, 6.45) is 3.32. The van der Waals surface area contributed by atoms with Crippen LogP contribution in [-0.4, -0.2) is 19.0 Å². The van der Waals surface area contributed by atoms with Crippen LogP contribution >= 0.6 is 0 Å². The number of carbonyl (C=O) groups excluding carboxylic acids is 1. The second-order valence-electron chi connectivity index (χ2n) is 4.37. The fourth-order valence-corrected chi connectivity index (χ4v) is 1.29. The lowest BCUT2D eigenvalue weighted by Gasteiger charge is -2.15. The molecule has 3 N–H and O–H groups in total. The number of amides is 1. The summed E-state index contributed by atoms with van der Waals surface area (Å²) in [5.74, 6) is 0.125. The van der Waals surface area contributed by atoms with Crippen molar-refractivity contribution < 1.29 is 4.79 Å². The van der Waals surface area contributed by atoms with Crippen LogP contribution in [0, 0.1) is 11.3 Å². The molecule has 1 fully saturated rings. The van der Waals surface area contributed by atoms with Crippen molar-refractivity contribution in [2.75, 3.05) is 13.1 Å². The van der Waals surface area contributed by atoms with E-state index in [2.05, 4.69) is 12.2 Å². The Morgan fingerprint density at radius 1 is 1.62 bits per heavy atom. The lowest BCUT2D eigenvalue weighted by atomic mass is 10.1. The maximum atomic E-state index is 11.5. The van der Waals surface area contributed by atoms with Gasteiger partial charge < -0.3 is 11.1 Å². The molecule has 0 aliphatic heterocycles. The predicted molar refractivity (Wildman–Crippen MR) is 53.2 cm³/mol. The molecule has 0 heterocycles. The Morgan fingerprint density at radius 2 is 2.23 bits per heavy atom. The van der Waals surface area contributed by atoms with Crippen molar-refractivity contribution in [1.82, 2.24) is 5.32 Å². The lowest BCUT2D eigenvalue weighted by Crippen LogP contribution is -2.37. The molecule has 76 valence electrons. The number of hydrogen-bond donors (Lipinski definition) is 2. The Kier molecular flexibility index (Phi) is 3.31. The first-order valence-corrected chi connectivity index (χ1v) is 5.09. The first kappa shape index (κ1) is 10.5. The molecular weight excluding hydrogens is 164 g/mol. The fraction of sp³-hybridized carbons (Fsp3) is 0.900. The molecule has 13 heavy (non-hydrogen) atoms. The zero-order valence-electron chi connectivity index (χ0n) is 8.60. The van der Waals surface area contributed by atoms with E-state index in [-0.39, 0.29) is 11.8 Å². The number of carbonyl (C=O) groups is 1. The van der Waals surface area contributed by atoms with Gasteiger partial charge in [0.05, 0.1) is 0 Å². The zero-order valence-corrected chi connectivity index (χ0v) is 8.60. The Balaban J connectivity index is 2.23. The number of nitrogens with one attached hydrogen (secondary N) is 1. The highest BCUT2D eigenvalue weighted by Gasteiger charge is 2.37. The van der Waals surface area contributed by atoms with E-state index < -0.39 is 0 Å². The average Bonchev–Trinajstić information content (AvgIpc) is 2.84. The molecule has 3 heteroatoms. The van der Waals surface area contributed by atoms with Crippen molar-refractivity contribution in [3.63, 3.8) is 0 Å². The van der Waals surface area contributed by atoms with Crippen molar-refractivity contribution in [3.8, 4) is 0 Å². The summed E-state index contributed by atoms with van der Waals surface area (Å²) in [4.78, 5) is 11.5. The van der Waals surface area contributed by atoms with Crippen molar-refractivity contribution in [1.29, 1.82) is 0 Å². The second kappa shape index (κ2) is 4.09. The fourth-order valence-electron chi connectivity index (χ4n) is 1.29. The number of hydrogen-bond acceptors (Lipinski definition) is 2. The van der Waals surface area contributed by atoms with E-state index in [1.54, 1.807) is 0 Å². The van der Waals surface area contributed by atoms with Crippen LogP contribution in [0.15, 0.2) is 0 Å². The predicted octanol–water partition coefficient (Wildman–Crippen LogP) is 0.888. The standard InChI is InChI=1S/C10H20N2O/c1-3-8(6-11)9(13)12-7-10(2)4-5-10/h8H,3-7,11H2,1-2H3,(H,12,13). The van der Waals surface area contributed by atoms with Crippen molar-refractivity contribution in [2.45, 2.75) is 33.1 Å². The van der Waals surface area contributed by atoms with Crippen LogP contribution in [0.4, 0.5) is 0 Å². The molecule has 1 rings (SSSR count). The number of rotatable bonds is 5. The van der Waals surface area contributed by atoms with E-state index in [1.165, 1.54) is 12.8 Å². The quantitative estimate of drug-likeness (QED) is 0.666. The second-order valence-corrected chi connectivity index (χ2v) is 4.37. The molecule has 0 radical (unpaired) electrons. The summed E-state index contributed by atoms with van der Waals surface area (Å²) >= 11 is 0. The highest BCUT2D eigenvalue weighted by molar-refractivity contribution is 5.78. The molecule has 3 nitrogen and oxygen atoms in total. The molecule has 0 aromatic heterocycles. The molecule has 0 aromatic rings. The monoisotopic (exact) mass is 184 g/mol. The van der Waals surface area contributed by atoms with Gasteiger partial charge in [0.2, 0.25) is 5.91 Å². The van der Waals surface area contributed by atoms with E-state index in [4.69, 9.17) is 5.73 Å². The molecule has 1 aliphatic carbocycles. The minimum absolute atomic E-state index is 0.00218. The van der Waals surface area contributed by atoms with Gasteiger partial charge in [0.25, 0.3) is 0 Å². The molecule has 0 spiro atoms. The van der Waals surface area contributed by atoms with E-state index in [9.17, 15) is 4.79 Å². The van der Waals surface area contributed by atoms with Gasteiger partial charge in [-0.3, -0.25) is 4.79 Å². The smallest absolute Gasteiger partial charge is 0.224 e. The topological polar surface area (TPSA) is 55.1 Å². The molecular formula is C10H20N2O. The van der Waals surface area contributed by atoms with Crippen LogP contribution < -0.4 is 11.1 Å². The third kappa shape index (κ3) is 2.99. The Morgan fingerprint density at radius 3 is 2.62 bits per heavy atom. The summed E-state index contributed by atoms with van der Waals surface area (Å²) in [5, 5.41) is 2.97. The summed E-state index contributed by atoms with van der Waals surface area (Å²) in [6.45, 7) is 5.48. The van der Waals surface area contributed by atoms with Crippen molar-refractivity contribution in [2.24, 2.45) is 17.1 Å². The summed E-state index contributed by atoms with van der Waals surface area (Å²) < 4.78 is 0. The van der Waals surface area contributed by atoms with Crippen molar-refractivity contribution >= 4 is 5.91 Å². The van der Waals surface area contributed by atoms with Crippen LogP contribution in [0.1, 0.15) is 33.1 Å². The average molecular weight is 184 g/mol. The van der Waals surface area contributed by atoms with Crippen LogP contribution in [0.3, 0.4) is 0 Å². The molecule has 0 saturated heterocycles. The molecule has 1 saturated carbocycles. The van der Waals surface area contributed by atoms with Gasteiger partial charge in [-0.25, -0.2) is 0 Å². The first-order valence-electron chi connectivity index (χ1n) is 5.09. The van der Waals surface area contributed by atoms with Gasteiger partial charge in [-0.1, -0.05) is 13.8 Å². The molecule has 1 aliphatic rings. The molecule has 0 bridgehead atoms. The van der Waals surface area contributed by atoms with Crippen LogP contribution in [0.5, 0.6) is 0 Å². The van der Waals surface area contributed by atoms with Crippen LogP contribution in [0.2, 0.25) is 0 Å². The van der Waals surface area contributed by atoms with Crippen molar-refractivity contribution in [3.05, 3.63) is 0 Å². The summed E-state index contributed by atoms with van der Waals surface area (Å²) in [5.41, 5.74) is 5.87. The summed E-state index contributed by atoms with van der Waals surface area (Å²) in [7, 11) is 0. The Bertz CT molecular complexity index is 183. The Labute approximate surface area is 80.1 Å². The third-order valence-corrected chi connectivity index (χ3v) is 2.94. The first-order chi connectivity index (χ1) is 6.11. The maximum absolute atomic E-state index is 11.5. The SMILES string of the molecule is CCC(CN)C(=O)NCC1(C)CC1. The van der Waals surface area contributed by atoms with E-state index in [0.29, 0.717) is 12.0 Å². The molecule has 1 atom stereocenters. The van der Waals surface area contributed by atoms with Crippen LogP contribution in [-0.2, 0) is 4.79 Å². The van der Waals surface area contributed by atoms with Gasteiger partial charge in [0, 0.05) is 19.0 Å². The van der Waals surface area contributed by atoms with Gasteiger partial charge in [-0.15, -0.1) is 0 Å². The van der Waals surface area contributed by atoms with Gasteiger partial charge in [0.1, 0.15) is 0 Å². The highest BCUT2D eigenvalue weighted by atomic mass is 16.1. The minimum Gasteiger partial charge on any atom is -0.355 e. The number of nitrogens with two attached hydrogens (primary N) is 1. The van der Waals surface area contributed by atoms with Crippen LogP contribution in [0.25, 0.3) is 0 Å². The van der Waals surface area contributed by atoms with E-state index in [1.807, 2.05) is 6.92 Å². The highest BCUT2D eigenvalue weighted by Crippen LogP contribution is 2.44. The minimum atomic E-state index is 0.00218. The largest absolute Gasteiger partial charge is 0.355 e. The molecule has 1 amide bonds. The normalized spacial score (nSPS) is 20.8. The van der Waals surface area contributed by atoms with Gasteiger partial charge in [-0.05, 0) is 24.7 Å². The van der Waals surface area contributed by atoms with Gasteiger partial charge in [0.15, 0.2) is 0 Å². The Hall–Kier alpha value is -0.570. The lowest BCUT2D eigenvalue weighted by molar-refractivity contribution is -0.125. The van der Waals surface area contributed by atoms with Gasteiger partial charge >= 0.3 is 0 Å². The van der Waals surface area contributed by atoms with Gasteiger partial charge in [-0.2, -0.15) is 0 Å².